The Bertz CT molecular complexity index is 278. The summed E-state index contributed by atoms with van der Waals surface area (Å²) in [4.78, 5) is 11.2. The van der Waals surface area contributed by atoms with E-state index < -0.39 is 0 Å². The molecule has 0 aliphatic heterocycles. The number of carbonyl (C=O) groups excluding carboxylic acids is 1. The molecule has 0 saturated heterocycles. The first-order valence-electron chi connectivity index (χ1n) is 3.90. The summed E-state index contributed by atoms with van der Waals surface area (Å²) in [6.07, 6.45) is 1.79. The molecule has 1 heterocycles. The van der Waals surface area contributed by atoms with E-state index in [1.54, 1.807) is 16.9 Å². The van der Waals surface area contributed by atoms with Gasteiger partial charge in [0.25, 0.3) is 0 Å². The van der Waals surface area contributed by atoms with E-state index in [2.05, 4.69) is 10.4 Å². The van der Waals surface area contributed by atoms with Gasteiger partial charge < -0.3 is 5.32 Å². The SMILES string of the molecule is CC(C)C(=O)Nc1ccn(C)n1. The zero-order valence-electron chi connectivity index (χ0n) is 7.53. The van der Waals surface area contributed by atoms with Crippen molar-refractivity contribution in [1.82, 2.24) is 9.78 Å². The van der Waals surface area contributed by atoms with Crippen LogP contribution in [0.25, 0.3) is 0 Å². The molecule has 4 nitrogen and oxygen atoms in total. The fourth-order valence-corrected chi connectivity index (χ4v) is 0.752. The van der Waals surface area contributed by atoms with Gasteiger partial charge in [-0.1, -0.05) is 13.8 Å². The van der Waals surface area contributed by atoms with Crippen molar-refractivity contribution in [3.8, 4) is 0 Å². The largest absolute Gasteiger partial charge is 0.309 e. The number of anilines is 1. The van der Waals surface area contributed by atoms with Crippen molar-refractivity contribution in [1.29, 1.82) is 0 Å². The molecule has 1 N–H and O–H groups in total. The van der Waals surface area contributed by atoms with E-state index in [0.717, 1.165) is 0 Å². The van der Waals surface area contributed by atoms with Crippen molar-refractivity contribution in [3.63, 3.8) is 0 Å². The molecule has 0 aromatic carbocycles. The maximum absolute atomic E-state index is 11.2. The van der Waals surface area contributed by atoms with Crippen molar-refractivity contribution < 1.29 is 4.79 Å². The molecule has 0 spiro atoms. The number of nitrogens with zero attached hydrogens (tertiary/aromatic N) is 2. The maximum Gasteiger partial charge on any atom is 0.228 e. The molecule has 0 radical (unpaired) electrons. The van der Waals surface area contributed by atoms with Crippen LogP contribution >= 0.6 is 0 Å². The molecular formula is C8H13N3O. The number of aromatic nitrogens is 2. The number of carbonyl (C=O) groups is 1. The van der Waals surface area contributed by atoms with Crippen LogP contribution < -0.4 is 5.32 Å². The van der Waals surface area contributed by atoms with Crippen LogP contribution in [0.5, 0.6) is 0 Å². The highest BCUT2D eigenvalue weighted by Gasteiger charge is 2.07. The first-order valence-corrected chi connectivity index (χ1v) is 3.90. The van der Waals surface area contributed by atoms with Crippen LogP contribution in [0.4, 0.5) is 5.82 Å². The third-order valence-electron chi connectivity index (χ3n) is 1.49. The summed E-state index contributed by atoms with van der Waals surface area (Å²) in [5, 5.41) is 6.71. The van der Waals surface area contributed by atoms with E-state index in [-0.39, 0.29) is 11.8 Å². The number of aryl methyl sites for hydroxylation is 1. The van der Waals surface area contributed by atoms with Gasteiger partial charge in [-0.25, -0.2) is 0 Å². The van der Waals surface area contributed by atoms with Crippen molar-refractivity contribution in [2.75, 3.05) is 5.32 Å². The van der Waals surface area contributed by atoms with Gasteiger partial charge in [-0.15, -0.1) is 0 Å². The molecule has 0 atom stereocenters. The molecule has 4 heteroatoms. The van der Waals surface area contributed by atoms with Gasteiger partial charge in [0.05, 0.1) is 0 Å². The second-order valence-corrected chi connectivity index (χ2v) is 3.02. The third kappa shape index (κ3) is 2.08. The fraction of sp³-hybridized carbons (Fsp3) is 0.500. The summed E-state index contributed by atoms with van der Waals surface area (Å²) in [6.45, 7) is 3.69. The Balaban J connectivity index is 2.58. The van der Waals surface area contributed by atoms with Crippen molar-refractivity contribution in [3.05, 3.63) is 12.3 Å². The molecule has 0 bridgehead atoms. The minimum atomic E-state index is -0.00740. The second-order valence-electron chi connectivity index (χ2n) is 3.02. The third-order valence-corrected chi connectivity index (χ3v) is 1.49. The average molecular weight is 167 g/mol. The van der Waals surface area contributed by atoms with E-state index in [9.17, 15) is 4.79 Å². The molecule has 0 aliphatic rings. The number of nitrogens with one attached hydrogen (secondary N) is 1. The van der Waals surface area contributed by atoms with Gasteiger partial charge in [-0.05, 0) is 0 Å². The van der Waals surface area contributed by atoms with Crippen LogP contribution in [0.3, 0.4) is 0 Å². The lowest BCUT2D eigenvalue weighted by molar-refractivity contribution is -0.118. The summed E-state index contributed by atoms with van der Waals surface area (Å²) in [6, 6.07) is 1.76. The minimum absolute atomic E-state index is 0.00583. The second kappa shape index (κ2) is 3.38. The lowest BCUT2D eigenvalue weighted by atomic mass is 10.2. The summed E-state index contributed by atoms with van der Waals surface area (Å²) in [5.74, 6) is 0.594. The first kappa shape index (κ1) is 8.77. The fourth-order valence-electron chi connectivity index (χ4n) is 0.752. The van der Waals surface area contributed by atoms with Gasteiger partial charge in [0.15, 0.2) is 5.82 Å². The maximum atomic E-state index is 11.2. The number of hydrogen-bond donors (Lipinski definition) is 1. The Morgan fingerprint density at radius 2 is 2.33 bits per heavy atom. The Labute approximate surface area is 71.6 Å². The summed E-state index contributed by atoms with van der Waals surface area (Å²) < 4.78 is 1.65. The van der Waals surface area contributed by atoms with E-state index in [4.69, 9.17) is 0 Å². The van der Waals surface area contributed by atoms with Crippen molar-refractivity contribution in [2.45, 2.75) is 13.8 Å². The van der Waals surface area contributed by atoms with Gasteiger partial charge >= 0.3 is 0 Å². The molecule has 0 saturated carbocycles. The summed E-state index contributed by atoms with van der Waals surface area (Å²) >= 11 is 0. The highest BCUT2D eigenvalue weighted by molar-refractivity contribution is 5.91. The minimum Gasteiger partial charge on any atom is -0.309 e. The Kier molecular flexibility index (Phi) is 2.47. The molecule has 1 amide bonds. The van der Waals surface area contributed by atoms with Crippen LogP contribution in [0, 0.1) is 5.92 Å². The monoisotopic (exact) mass is 167 g/mol. The average Bonchev–Trinajstić information content (AvgIpc) is 2.35. The quantitative estimate of drug-likeness (QED) is 0.714. The Hall–Kier alpha value is -1.32. The Morgan fingerprint density at radius 3 is 2.75 bits per heavy atom. The molecular weight excluding hydrogens is 154 g/mol. The molecule has 1 aromatic heterocycles. The lowest BCUT2D eigenvalue weighted by Crippen LogP contribution is -2.18. The molecule has 0 unspecified atom stereocenters. The normalized spacial score (nSPS) is 10.3. The summed E-state index contributed by atoms with van der Waals surface area (Å²) in [7, 11) is 1.81. The molecule has 66 valence electrons. The Morgan fingerprint density at radius 1 is 1.67 bits per heavy atom. The van der Waals surface area contributed by atoms with Crippen molar-refractivity contribution in [2.24, 2.45) is 13.0 Å². The number of amides is 1. The standard InChI is InChI=1S/C8H13N3O/c1-6(2)8(12)9-7-4-5-11(3)10-7/h4-6H,1-3H3,(H,9,10,12). The molecule has 1 rings (SSSR count). The van der Waals surface area contributed by atoms with Crippen LogP contribution in [0.2, 0.25) is 0 Å². The van der Waals surface area contributed by atoms with Gasteiger partial charge in [0, 0.05) is 25.2 Å². The predicted molar refractivity (Wildman–Crippen MR) is 46.7 cm³/mol. The van der Waals surface area contributed by atoms with Crippen LogP contribution in [-0.2, 0) is 11.8 Å². The predicted octanol–water partition coefficient (Wildman–Crippen LogP) is 1.01. The topological polar surface area (TPSA) is 46.9 Å². The van der Waals surface area contributed by atoms with Gasteiger partial charge in [0.1, 0.15) is 0 Å². The van der Waals surface area contributed by atoms with E-state index in [1.807, 2.05) is 20.9 Å². The molecule has 1 aromatic rings. The lowest BCUT2D eigenvalue weighted by Gasteiger charge is -2.03. The first-order chi connectivity index (χ1) is 5.59. The van der Waals surface area contributed by atoms with Crippen LogP contribution in [0.15, 0.2) is 12.3 Å². The zero-order chi connectivity index (χ0) is 9.14. The van der Waals surface area contributed by atoms with Gasteiger partial charge in [-0.3, -0.25) is 9.48 Å². The van der Waals surface area contributed by atoms with Gasteiger partial charge in [-0.2, -0.15) is 5.10 Å². The molecule has 0 fully saturated rings. The van der Waals surface area contributed by atoms with Crippen LogP contribution in [0.1, 0.15) is 13.8 Å². The van der Waals surface area contributed by atoms with E-state index in [0.29, 0.717) is 5.82 Å². The number of rotatable bonds is 2. The highest BCUT2D eigenvalue weighted by Crippen LogP contribution is 2.03. The van der Waals surface area contributed by atoms with E-state index in [1.165, 1.54) is 0 Å². The van der Waals surface area contributed by atoms with Gasteiger partial charge in [0.2, 0.25) is 5.91 Å². The smallest absolute Gasteiger partial charge is 0.228 e. The molecule has 12 heavy (non-hydrogen) atoms. The summed E-state index contributed by atoms with van der Waals surface area (Å²) in [5.41, 5.74) is 0. The van der Waals surface area contributed by atoms with E-state index >= 15 is 0 Å². The van der Waals surface area contributed by atoms with Crippen molar-refractivity contribution >= 4 is 11.7 Å². The number of hydrogen-bond acceptors (Lipinski definition) is 2. The highest BCUT2D eigenvalue weighted by atomic mass is 16.1. The molecule has 0 aliphatic carbocycles. The van der Waals surface area contributed by atoms with Crippen LogP contribution in [-0.4, -0.2) is 15.7 Å². The zero-order valence-corrected chi connectivity index (χ0v) is 7.53.